The van der Waals surface area contributed by atoms with Crippen LogP contribution in [-0.4, -0.2) is 40.0 Å². The Morgan fingerprint density at radius 2 is 1.71 bits per heavy atom. The molecule has 0 amide bonds. The summed E-state index contributed by atoms with van der Waals surface area (Å²) in [7, 11) is 0. The van der Waals surface area contributed by atoms with Crippen LogP contribution < -0.4 is 5.32 Å². The molecule has 21 heavy (non-hydrogen) atoms. The molecule has 2 rings (SSSR count). The third kappa shape index (κ3) is 3.39. The molecule has 6 nitrogen and oxygen atoms in total. The molecular formula is C15H21NO5. The van der Waals surface area contributed by atoms with Crippen molar-refractivity contribution >= 4 is 5.97 Å². The number of esters is 1. The van der Waals surface area contributed by atoms with E-state index in [9.17, 15) is 20.1 Å². The molecular weight excluding hydrogens is 274 g/mol. The Labute approximate surface area is 123 Å². The molecule has 1 saturated heterocycles. The number of benzene rings is 1. The number of nitrogens with one attached hydrogen (secondary N) is 1. The molecule has 0 saturated carbocycles. The van der Waals surface area contributed by atoms with Gasteiger partial charge >= 0.3 is 5.97 Å². The van der Waals surface area contributed by atoms with E-state index >= 15 is 0 Å². The van der Waals surface area contributed by atoms with Crippen LogP contribution in [0.25, 0.3) is 0 Å². The second-order valence-corrected chi connectivity index (χ2v) is 5.88. The molecule has 1 heterocycles. The van der Waals surface area contributed by atoms with Crippen molar-refractivity contribution in [3.05, 3.63) is 17.7 Å². The molecule has 0 unspecified atom stereocenters. The van der Waals surface area contributed by atoms with Crippen LogP contribution in [0.4, 0.5) is 0 Å². The zero-order valence-electron chi connectivity index (χ0n) is 12.2. The van der Waals surface area contributed by atoms with Gasteiger partial charge in [-0.1, -0.05) is 0 Å². The van der Waals surface area contributed by atoms with Crippen LogP contribution in [0.1, 0.15) is 37.0 Å². The molecule has 0 atom stereocenters. The monoisotopic (exact) mass is 295 g/mol. The Hall–Kier alpha value is -1.95. The summed E-state index contributed by atoms with van der Waals surface area (Å²) < 4.78 is 5.50. The highest BCUT2D eigenvalue weighted by molar-refractivity contribution is 5.96. The lowest BCUT2D eigenvalue weighted by atomic mass is 9.83. The van der Waals surface area contributed by atoms with Crippen molar-refractivity contribution in [3.8, 4) is 17.2 Å². The standard InChI is InChI=1S/C15H21NO5/c1-15(2,9-3-5-16-6-4-9)21-14(20)13-11(18)7-10(17)8-12(13)19/h7-9,16-19H,3-6H2,1-2H3. The lowest BCUT2D eigenvalue weighted by molar-refractivity contribution is -0.0371. The molecule has 0 spiro atoms. The first-order valence-corrected chi connectivity index (χ1v) is 7.00. The summed E-state index contributed by atoms with van der Waals surface area (Å²) in [6, 6.07) is 1.99. The average Bonchev–Trinajstić information content (AvgIpc) is 2.37. The van der Waals surface area contributed by atoms with Gasteiger partial charge in [-0.2, -0.15) is 0 Å². The predicted molar refractivity (Wildman–Crippen MR) is 76.5 cm³/mol. The van der Waals surface area contributed by atoms with Crippen LogP contribution in [0.15, 0.2) is 12.1 Å². The number of carbonyl (C=O) groups is 1. The molecule has 6 heteroatoms. The predicted octanol–water partition coefficient (Wildman–Crippen LogP) is 1.74. The molecule has 1 aliphatic heterocycles. The average molecular weight is 295 g/mol. The highest BCUT2D eigenvalue weighted by atomic mass is 16.6. The minimum atomic E-state index is -0.798. The smallest absolute Gasteiger partial charge is 0.346 e. The van der Waals surface area contributed by atoms with Crippen LogP contribution in [0.2, 0.25) is 0 Å². The van der Waals surface area contributed by atoms with Gasteiger partial charge in [-0.3, -0.25) is 0 Å². The Balaban J connectivity index is 2.17. The minimum Gasteiger partial charge on any atom is -0.508 e. The molecule has 0 bridgehead atoms. The first-order chi connectivity index (χ1) is 9.81. The van der Waals surface area contributed by atoms with Crippen LogP contribution in [0.3, 0.4) is 0 Å². The number of aromatic hydroxyl groups is 3. The lowest BCUT2D eigenvalue weighted by Crippen LogP contribution is -2.42. The first kappa shape index (κ1) is 15.4. The van der Waals surface area contributed by atoms with E-state index in [1.165, 1.54) is 0 Å². The Morgan fingerprint density at radius 1 is 1.19 bits per heavy atom. The van der Waals surface area contributed by atoms with E-state index in [1.807, 2.05) is 13.8 Å². The second-order valence-electron chi connectivity index (χ2n) is 5.88. The molecule has 0 aliphatic carbocycles. The van der Waals surface area contributed by atoms with E-state index in [1.54, 1.807) is 0 Å². The summed E-state index contributed by atoms with van der Waals surface area (Å²) in [5.41, 5.74) is -1.02. The van der Waals surface area contributed by atoms with Gasteiger partial charge in [0.2, 0.25) is 0 Å². The molecule has 0 radical (unpaired) electrons. The van der Waals surface area contributed by atoms with Gasteiger partial charge < -0.3 is 25.4 Å². The van der Waals surface area contributed by atoms with Gasteiger partial charge in [0.15, 0.2) is 0 Å². The quantitative estimate of drug-likeness (QED) is 0.634. The van der Waals surface area contributed by atoms with E-state index in [4.69, 9.17) is 4.74 Å². The Kier molecular flexibility index (Phi) is 4.27. The van der Waals surface area contributed by atoms with Crippen molar-refractivity contribution in [1.29, 1.82) is 0 Å². The van der Waals surface area contributed by atoms with E-state index in [2.05, 4.69) is 5.32 Å². The summed E-state index contributed by atoms with van der Waals surface area (Å²) in [6.45, 7) is 5.41. The van der Waals surface area contributed by atoms with Gasteiger partial charge in [-0.05, 0) is 39.8 Å². The molecule has 4 N–H and O–H groups in total. The summed E-state index contributed by atoms with van der Waals surface area (Å²) in [6.07, 6.45) is 1.79. The third-order valence-electron chi connectivity index (χ3n) is 3.96. The normalized spacial score (nSPS) is 16.7. The maximum absolute atomic E-state index is 12.2. The largest absolute Gasteiger partial charge is 0.508 e. The first-order valence-electron chi connectivity index (χ1n) is 7.00. The lowest BCUT2D eigenvalue weighted by Gasteiger charge is -2.36. The number of rotatable bonds is 3. The number of phenolic OH excluding ortho intramolecular Hbond substituents is 3. The van der Waals surface area contributed by atoms with Gasteiger partial charge in [0.1, 0.15) is 28.4 Å². The van der Waals surface area contributed by atoms with Crippen LogP contribution in [-0.2, 0) is 4.74 Å². The number of ether oxygens (including phenoxy) is 1. The van der Waals surface area contributed by atoms with Crippen molar-refractivity contribution < 1.29 is 24.9 Å². The third-order valence-corrected chi connectivity index (χ3v) is 3.96. The SMILES string of the molecule is CC(C)(OC(=O)c1c(O)cc(O)cc1O)C1CCNCC1. The van der Waals surface area contributed by atoms with Crippen LogP contribution in [0, 0.1) is 5.92 Å². The molecule has 1 fully saturated rings. The molecule has 1 aromatic rings. The highest BCUT2D eigenvalue weighted by Gasteiger charge is 2.35. The number of hydrogen-bond donors (Lipinski definition) is 4. The number of hydrogen-bond acceptors (Lipinski definition) is 6. The zero-order valence-corrected chi connectivity index (χ0v) is 12.2. The maximum Gasteiger partial charge on any atom is 0.346 e. The fourth-order valence-corrected chi connectivity index (χ4v) is 2.70. The van der Waals surface area contributed by atoms with Crippen molar-refractivity contribution in [3.63, 3.8) is 0 Å². The topological polar surface area (TPSA) is 99.0 Å². The molecule has 116 valence electrons. The molecule has 1 aromatic carbocycles. The second kappa shape index (κ2) is 5.81. The fraction of sp³-hybridized carbons (Fsp3) is 0.533. The summed E-state index contributed by atoms with van der Waals surface area (Å²) in [5.74, 6) is -1.91. The molecule has 0 aromatic heterocycles. The van der Waals surface area contributed by atoms with Gasteiger partial charge in [0.05, 0.1) is 0 Å². The maximum atomic E-state index is 12.2. The van der Waals surface area contributed by atoms with Crippen molar-refractivity contribution in [1.82, 2.24) is 5.32 Å². The minimum absolute atomic E-state index is 0.212. The van der Waals surface area contributed by atoms with Crippen molar-refractivity contribution in [2.75, 3.05) is 13.1 Å². The summed E-state index contributed by atoms with van der Waals surface area (Å²) >= 11 is 0. The van der Waals surface area contributed by atoms with E-state index < -0.39 is 23.1 Å². The van der Waals surface area contributed by atoms with Crippen LogP contribution in [0.5, 0.6) is 17.2 Å². The van der Waals surface area contributed by atoms with Gasteiger partial charge in [0.25, 0.3) is 0 Å². The Morgan fingerprint density at radius 3 is 2.24 bits per heavy atom. The highest BCUT2D eigenvalue weighted by Crippen LogP contribution is 2.35. The summed E-state index contributed by atoms with van der Waals surface area (Å²) in [4.78, 5) is 12.2. The van der Waals surface area contributed by atoms with Crippen molar-refractivity contribution in [2.24, 2.45) is 5.92 Å². The van der Waals surface area contributed by atoms with E-state index in [0.29, 0.717) is 0 Å². The van der Waals surface area contributed by atoms with Crippen molar-refractivity contribution in [2.45, 2.75) is 32.3 Å². The number of carbonyl (C=O) groups excluding carboxylic acids is 1. The van der Waals surface area contributed by atoms with Crippen LogP contribution >= 0.6 is 0 Å². The Bertz CT molecular complexity index is 512. The van der Waals surface area contributed by atoms with E-state index in [-0.39, 0.29) is 17.2 Å². The van der Waals surface area contributed by atoms with E-state index in [0.717, 1.165) is 38.1 Å². The number of phenols is 3. The fourth-order valence-electron chi connectivity index (χ4n) is 2.70. The summed E-state index contributed by atoms with van der Waals surface area (Å²) in [5, 5.41) is 31.9. The van der Waals surface area contributed by atoms with Gasteiger partial charge in [-0.25, -0.2) is 4.79 Å². The zero-order chi connectivity index (χ0) is 15.6. The number of piperidine rings is 1. The van der Waals surface area contributed by atoms with Gasteiger partial charge in [-0.15, -0.1) is 0 Å². The van der Waals surface area contributed by atoms with Gasteiger partial charge in [0, 0.05) is 18.1 Å². The molecule has 1 aliphatic rings.